The van der Waals surface area contributed by atoms with E-state index in [0.717, 1.165) is 16.8 Å². The minimum atomic E-state index is -0.273. The highest BCUT2D eigenvalue weighted by atomic mass is 16.5. The summed E-state index contributed by atoms with van der Waals surface area (Å²) in [7, 11) is 1.55. The van der Waals surface area contributed by atoms with Crippen molar-refractivity contribution >= 4 is 17.5 Å². The zero-order valence-corrected chi connectivity index (χ0v) is 13.5. The van der Waals surface area contributed by atoms with Crippen LogP contribution < -0.4 is 15.4 Å². The Hall–Kier alpha value is -2.82. The lowest BCUT2D eigenvalue weighted by atomic mass is 10.1. The smallest absolute Gasteiger partial charge is 0.262 e. The molecule has 0 aliphatic heterocycles. The molecule has 0 fully saturated rings. The van der Waals surface area contributed by atoms with Gasteiger partial charge in [0.25, 0.3) is 11.8 Å². The first kappa shape index (κ1) is 16.5. The lowest BCUT2D eigenvalue weighted by Crippen LogP contribution is -2.23. The van der Waals surface area contributed by atoms with Gasteiger partial charge >= 0.3 is 0 Å². The molecule has 0 saturated carbocycles. The van der Waals surface area contributed by atoms with Crippen LogP contribution in [0.2, 0.25) is 0 Å². The second-order valence-electron chi connectivity index (χ2n) is 5.16. The molecule has 0 aliphatic carbocycles. The Balaban J connectivity index is 2.03. The Morgan fingerprint density at radius 2 is 1.78 bits per heavy atom. The highest BCUT2D eigenvalue weighted by molar-refractivity contribution is 5.97. The molecule has 5 nitrogen and oxygen atoms in total. The zero-order chi connectivity index (χ0) is 16.8. The molecule has 0 bridgehead atoms. The van der Waals surface area contributed by atoms with E-state index in [1.54, 1.807) is 31.3 Å². The Morgan fingerprint density at radius 3 is 2.52 bits per heavy atom. The molecule has 0 atom stereocenters. The van der Waals surface area contributed by atoms with Crippen LogP contribution in [0.3, 0.4) is 0 Å². The number of anilines is 1. The van der Waals surface area contributed by atoms with Gasteiger partial charge in [0.1, 0.15) is 5.75 Å². The maximum absolute atomic E-state index is 12.1. The van der Waals surface area contributed by atoms with Crippen LogP contribution in [-0.4, -0.2) is 25.5 Å². The summed E-state index contributed by atoms with van der Waals surface area (Å²) in [6.07, 6.45) is 0. The van der Waals surface area contributed by atoms with Gasteiger partial charge in [-0.2, -0.15) is 0 Å². The first-order valence-corrected chi connectivity index (χ1v) is 7.33. The van der Waals surface area contributed by atoms with Gasteiger partial charge in [-0.1, -0.05) is 24.3 Å². The molecule has 0 unspecified atom stereocenters. The van der Waals surface area contributed by atoms with E-state index < -0.39 is 0 Å². The molecule has 0 heterocycles. The predicted molar refractivity (Wildman–Crippen MR) is 89.9 cm³/mol. The fourth-order valence-electron chi connectivity index (χ4n) is 2.13. The van der Waals surface area contributed by atoms with E-state index in [-0.39, 0.29) is 18.4 Å². The third-order valence-electron chi connectivity index (χ3n) is 3.60. The average molecular weight is 312 g/mol. The van der Waals surface area contributed by atoms with Crippen LogP contribution in [0.1, 0.15) is 21.5 Å². The number of carbonyl (C=O) groups excluding carboxylic acids is 2. The van der Waals surface area contributed by atoms with Gasteiger partial charge in [-0.05, 0) is 43.2 Å². The van der Waals surface area contributed by atoms with Crippen LogP contribution in [0, 0.1) is 13.8 Å². The van der Waals surface area contributed by atoms with Crippen molar-refractivity contribution in [1.82, 2.24) is 5.32 Å². The fourth-order valence-corrected chi connectivity index (χ4v) is 2.13. The molecule has 2 N–H and O–H groups in total. The number of amides is 2. The van der Waals surface area contributed by atoms with E-state index in [1.807, 2.05) is 32.0 Å². The van der Waals surface area contributed by atoms with Gasteiger partial charge in [0.15, 0.2) is 6.61 Å². The molecule has 23 heavy (non-hydrogen) atoms. The monoisotopic (exact) mass is 312 g/mol. The van der Waals surface area contributed by atoms with Gasteiger partial charge < -0.3 is 15.4 Å². The highest BCUT2D eigenvalue weighted by Gasteiger charge is 2.12. The summed E-state index contributed by atoms with van der Waals surface area (Å²) in [5.74, 6) is -0.149. The van der Waals surface area contributed by atoms with Crippen LogP contribution >= 0.6 is 0 Å². The summed E-state index contributed by atoms with van der Waals surface area (Å²) in [5, 5.41) is 5.36. The zero-order valence-electron chi connectivity index (χ0n) is 13.5. The summed E-state index contributed by atoms with van der Waals surface area (Å²) in [6.45, 7) is 3.77. The van der Waals surface area contributed by atoms with E-state index >= 15 is 0 Å². The Bertz CT molecular complexity index is 726. The van der Waals surface area contributed by atoms with E-state index in [0.29, 0.717) is 11.3 Å². The maximum Gasteiger partial charge on any atom is 0.262 e. The van der Waals surface area contributed by atoms with Gasteiger partial charge in [0.2, 0.25) is 0 Å². The number of hydrogen-bond donors (Lipinski definition) is 2. The second-order valence-corrected chi connectivity index (χ2v) is 5.16. The molecule has 0 aliphatic rings. The van der Waals surface area contributed by atoms with Crippen molar-refractivity contribution in [3.8, 4) is 5.75 Å². The molecule has 0 spiro atoms. The van der Waals surface area contributed by atoms with Crippen LogP contribution in [-0.2, 0) is 4.79 Å². The molecular formula is C18H20N2O3. The number of hydrogen-bond acceptors (Lipinski definition) is 3. The first-order chi connectivity index (χ1) is 11.0. The molecule has 0 saturated heterocycles. The van der Waals surface area contributed by atoms with E-state index in [9.17, 15) is 9.59 Å². The normalized spacial score (nSPS) is 10.0. The Labute approximate surface area is 135 Å². The molecule has 0 radical (unpaired) electrons. The number of ether oxygens (including phenoxy) is 1. The van der Waals surface area contributed by atoms with Crippen molar-refractivity contribution in [1.29, 1.82) is 0 Å². The van der Waals surface area contributed by atoms with Crippen molar-refractivity contribution in [3.63, 3.8) is 0 Å². The number of aryl methyl sites for hydroxylation is 1. The standard InChI is InChI=1S/C18H20N2O3/c1-12-7-6-9-15(13(12)2)20-17(21)11-23-16-10-5-4-8-14(16)18(22)19-3/h4-10H,11H2,1-3H3,(H,19,22)(H,20,21). The molecule has 2 amide bonds. The summed E-state index contributed by atoms with van der Waals surface area (Å²) in [6, 6.07) is 12.5. The molecule has 0 aromatic heterocycles. The number of benzene rings is 2. The average Bonchev–Trinajstić information content (AvgIpc) is 2.56. The van der Waals surface area contributed by atoms with Gasteiger partial charge in [-0.25, -0.2) is 0 Å². The number of para-hydroxylation sites is 1. The fraction of sp³-hybridized carbons (Fsp3) is 0.222. The Kier molecular flexibility index (Phi) is 5.36. The van der Waals surface area contributed by atoms with Gasteiger partial charge in [-0.15, -0.1) is 0 Å². The largest absolute Gasteiger partial charge is 0.483 e. The quantitative estimate of drug-likeness (QED) is 0.892. The summed E-state index contributed by atoms with van der Waals surface area (Å²) in [5.41, 5.74) is 3.29. The number of rotatable bonds is 5. The topological polar surface area (TPSA) is 67.4 Å². The lowest BCUT2D eigenvalue weighted by molar-refractivity contribution is -0.118. The minimum Gasteiger partial charge on any atom is -0.483 e. The first-order valence-electron chi connectivity index (χ1n) is 7.33. The molecule has 2 rings (SSSR count). The summed E-state index contributed by atoms with van der Waals surface area (Å²) >= 11 is 0. The van der Waals surface area contributed by atoms with Crippen molar-refractivity contribution < 1.29 is 14.3 Å². The van der Waals surface area contributed by atoms with E-state index in [2.05, 4.69) is 10.6 Å². The minimum absolute atomic E-state index is 0.165. The second kappa shape index (κ2) is 7.45. The lowest BCUT2D eigenvalue weighted by Gasteiger charge is -2.12. The van der Waals surface area contributed by atoms with Crippen molar-refractivity contribution in [2.45, 2.75) is 13.8 Å². The SMILES string of the molecule is CNC(=O)c1ccccc1OCC(=O)Nc1cccc(C)c1C. The molecule has 120 valence electrons. The van der Waals surface area contributed by atoms with Crippen LogP contribution in [0.4, 0.5) is 5.69 Å². The van der Waals surface area contributed by atoms with Crippen molar-refractivity contribution in [2.75, 3.05) is 19.0 Å². The van der Waals surface area contributed by atoms with Gasteiger partial charge in [0.05, 0.1) is 5.56 Å². The molecule has 2 aromatic carbocycles. The predicted octanol–water partition coefficient (Wildman–Crippen LogP) is 2.68. The maximum atomic E-state index is 12.1. The molecule has 5 heteroatoms. The van der Waals surface area contributed by atoms with E-state index in [4.69, 9.17) is 4.74 Å². The Morgan fingerprint density at radius 1 is 1.04 bits per heavy atom. The summed E-state index contributed by atoms with van der Waals surface area (Å²) < 4.78 is 5.49. The summed E-state index contributed by atoms with van der Waals surface area (Å²) in [4.78, 5) is 23.8. The van der Waals surface area contributed by atoms with Crippen molar-refractivity contribution in [2.24, 2.45) is 0 Å². The van der Waals surface area contributed by atoms with Crippen molar-refractivity contribution in [3.05, 3.63) is 59.2 Å². The van der Waals surface area contributed by atoms with Gasteiger partial charge in [-0.3, -0.25) is 9.59 Å². The third kappa shape index (κ3) is 4.10. The van der Waals surface area contributed by atoms with Crippen LogP contribution in [0.15, 0.2) is 42.5 Å². The number of nitrogens with one attached hydrogen (secondary N) is 2. The van der Waals surface area contributed by atoms with Gasteiger partial charge in [0, 0.05) is 12.7 Å². The highest BCUT2D eigenvalue weighted by Crippen LogP contribution is 2.19. The number of carbonyl (C=O) groups is 2. The molecular weight excluding hydrogens is 292 g/mol. The van der Waals surface area contributed by atoms with Crippen LogP contribution in [0.25, 0.3) is 0 Å². The molecule has 2 aromatic rings. The third-order valence-corrected chi connectivity index (χ3v) is 3.60. The van der Waals surface area contributed by atoms with E-state index in [1.165, 1.54) is 0 Å². The van der Waals surface area contributed by atoms with Crippen LogP contribution in [0.5, 0.6) is 5.75 Å².